The molecule has 1 rings (SSSR count). The third kappa shape index (κ3) is 1.93. The number of nitriles is 1. The van der Waals surface area contributed by atoms with Gasteiger partial charge in [-0.2, -0.15) is 5.26 Å². The van der Waals surface area contributed by atoms with Crippen LogP contribution in [0.3, 0.4) is 0 Å². The number of para-hydroxylation sites is 1. The molecule has 0 saturated heterocycles. The first-order chi connectivity index (χ1) is 6.69. The highest BCUT2D eigenvalue weighted by Gasteiger charge is 2.09. The Bertz CT molecular complexity index is 396. The van der Waals surface area contributed by atoms with Gasteiger partial charge in [0, 0.05) is 0 Å². The zero-order valence-corrected chi connectivity index (χ0v) is 7.57. The van der Waals surface area contributed by atoms with Crippen LogP contribution in [0.25, 0.3) is 0 Å². The van der Waals surface area contributed by atoms with Gasteiger partial charge < -0.3 is 15.8 Å². The van der Waals surface area contributed by atoms with Gasteiger partial charge in [0.1, 0.15) is 17.5 Å². The second-order valence-corrected chi connectivity index (χ2v) is 2.48. The number of anilines is 1. The van der Waals surface area contributed by atoms with Crippen molar-refractivity contribution in [1.29, 1.82) is 5.26 Å². The minimum absolute atomic E-state index is 0.296. The highest BCUT2D eigenvalue weighted by Crippen LogP contribution is 2.27. The zero-order chi connectivity index (χ0) is 10.6. The summed E-state index contributed by atoms with van der Waals surface area (Å²) >= 11 is 0. The summed E-state index contributed by atoms with van der Waals surface area (Å²) in [5, 5.41) is 11.1. The zero-order valence-electron chi connectivity index (χ0n) is 7.57. The Morgan fingerprint density at radius 2 is 2.36 bits per heavy atom. The average Bonchev–Trinajstić information content (AvgIpc) is 2.17. The van der Waals surface area contributed by atoms with Gasteiger partial charge >= 0.3 is 6.03 Å². The highest BCUT2D eigenvalue weighted by molar-refractivity contribution is 5.91. The van der Waals surface area contributed by atoms with Gasteiger partial charge in [0.25, 0.3) is 0 Å². The molecule has 0 unspecified atom stereocenters. The molecular formula is C9H9N3O2. The van der Waals surface area contributed by atoms with E-state index in [1.165, 1.54) is 7.11 Å². The molecule has 0 bridgehead atoms. The summed E-state index contributed by atoms with van der Waals surface area (Å²) in [6.07, 6.45) is 0. The number of carbonyl (C=O) groups excluding carboxylic acids is 1. The van der Waals surface area contributed by atoms with E-state index >= 15 is 0 Å². The fraction of sp³-hybridized carbons (Fsp3) is 0.111. The van der Waals surface area contributed by atoms with Crippen LogP contribution in [0, 0.1) is 11.3 Å². The van der Waals surface area contributed by atoms with Crippen LogP contribution in [-0.4, -0.2) is 13.1 Å². The van der Waals surface area contributed by atoms with Crippen molar-refractivity contribution in [2.24, 2.45) is 5.73 Å². The number of methoxy groups -OCH3 is 1. The molecule has 14 heavy (non-hydrogen) atoms. The number of ether oxygens (including phenoxy) is 1. The van der Waals surface area contributed by atoms with E-state index in [1.54, 1.807) is 18.2 Å². The number of primary amides is 1. The van der Waals surface area contributed by atoms with E-state index < -0.39 is 6.03 Å². The lowest BCUT2D eigenvalue weighted by Crippen LogP contribution is -2.20. The lowest BCUT2D eigenvalue weighted by atomic mass is 10.2. The standard InChI is InChI=1S/C9H9N3O2/c1-14-7-4-2-3-6(5-10)8(7)12-9(11)13/h2-4H,1H3,(H3,11,12,13). The molecule has 0 aliphatic carbocycles. The van der Waals surface area contributed by atoms with E-state index in [0.717, 1.165) is 0 Å². The minimum atomic E-state index is -0.731. The number of rotatable bonds is 2. The van der Waals surface area contributed by atoms with Crippen molar-refractivity contribution in [2.75, 3.05) is 12.4 Å². The molecule has 1 aromatic rings. The van der Waals surface area contributed by atoms with Crippen molar-refractivity contribution < 1.29 is 9.53 Å². The fourth-order valence-electron chi connectivity index (χ4n) is 1.05. The molecule has 0 atom stereocenters. The van der Waals surface area contributed by atoms with E-state index in [2.05, 4.69) is 5.32 Å². The molecule has 2 amide bonds. The van der Waals surface area contributed by atoms with Gasteiger partial charge in [-0.1, -0.05) is 6.07 Å². The van der Waals surface area contributed by atoms with Gasteiger partial charge in [0.15, 0.2) is 0 Å². The summed E-state index contributed by atoms with van der Waals surface area (Å²) in [7, 11) is 1.45. The quantitative estimate of drug-likeness (QED) is 0.732. The molecule has 0 saturated carbocycles. The van der Waals surface area contributed by atoms with Gasteiger partial charge in [-0.15, -0.1) is 0 Å². The first-order valence-corrected chi connectivity index (χ1v) is 3.82. The monoisotopic (exact) mass is 191 g/mol. The molecule has 0 heterocycles. The van der Waals surface area contributed by atoms with Crippen molar-refractivity contribution >= 4 is 11.7 Å². The molecule has 5 nitrogen and oxygen atoms in total. The average molecular weight is 191 g/mol. The number of amides is 2. The number of hydrogen-bond donors (Lipinski definition) is 2. The second-order valence-electron chi connectivity index (χ2n) is 2.48. The van der Waals surface area contributed by atoms with Crippen LogP contribution in [0.5, 0.6) is 5.75 Å². The highest BCUT2D eigenvalue weighted by atomic mass is 16.5. The Hall–Kier alpha value is -2.22. The summed E-state index contributed by atoms with van der Waals surface area (Å²) in [6.45, 7) is 0. The molecule has 72 valence electrons. The Morgan fingerprint density at radius 3 is 2.86 bits per heavy atom. The normalized spacial score (nSPS) is 8.86. The van der Waals surface area contributed by atoms with E-state index in [0.29, 0.717) is 17.0 Å². The van der Waals surface area contributed by atoms with Gasteiger partial charge in [-0.25, -0.2) is 4.79 Å². The maximum atomic E-state index is 10.7. The van der Waals surface area contributed by atoms with E-state index in [1.807, 2.05) is 6.07 Å². The molecule has 0 fully saturated rings. The maximum absolute atomic E-state index is 10.7. The maximum Gasteiger partial charge on any atom is 0.316 e. The summed E-state index contributed by atoms with van der Waals surface area (Å²) in [5.41, 5.74) is 5.56. The number of nitrogens with two attached hydrogens (primary N) is 1. The summed E-state index contributed by atoms with van der Waals surface area (Å²) < 4.78 is 4.97. The van der Waals surface area contributed by atoms with E-state index in [4.69, 9.17) is 15.7 Å². The third-order valence-corrected chi connectivity index (χ3v) is 1.61. The van der Waals surface area contributed by atoms with Crippen LogP contribution < -0.4 is 15.8 Å². The molecule has 0 aliphatic rings. The predicted octanol–water partition coefficient (Wildman–Crippen LogP) is 1.06. The number of nitrogens with one attached hydrogen (secondary N) is 1. The summed E-state index contributed by atoms with van der Waals surface area (Å²) in [5.74, 6) is 0.405. The number of urea groups is 1. The predicted molar refractivity (Wildman–Crippen MR) is 50.9 cm³/mol. The van der Waals surface area contributed by atoms with Gasteiger partial charge in [0.05, 0.1) is 12.7 Å². The number of hydrogen-bond acceptors (Lipinski definition) is 3. The van der Waals surface area contributed by atoms with Crippen molar-refractivity contribution in [3.63, 3.8) is 0 Å². The van der Waals surface area contributed by atoms with Crippen molar-refractivity contribution in [3.8, 4) is 11.8 Å². The van der Waals surface area contributed by atoms with Gasteiger partial charge in [-0.05, 0) is 12.1 Å². The smallest absolute Gasteiger partial charge is 0.316 e. The molecule has 0 spiro atoms. The van der Waals surface area contributed by atoms with Crippen LogP contribution in [0.1, 0.15) is 5.56 Å². The molecule has 0 radical (unpaired) electrons. The minimum Gasteiger partial charge on any atom is -0.495 e. The number of benzene rings is 1. The molecule has 0 aromatic heterocycles. The van der Waals surface area contributed by atoms with E-state index in [9.17, 15) is 4.79 Å². The SMILES string of the molecule is COc1cccc(C#N)c1NC(N)=O. The van der Waals surface area contributed by atoms with Crippen molar-refractivity contribution in [2.45, 2.75) is 0 Å². The van der Waals surface area contributed by atoms with Gasteiger partial charge in [0.2, 0.25) is 0 Å². The van der Waals surface area contributed by atoms with Crippen LogP contribution in [0.4, 0.5) is 10.5 Å². The molecule has 3 N–H and O–H groups in total. The van der Waals surface area contributed by atoms with Gasteiger partial charge in [-0.3, -0.25) is 0 Å². The number of carbonyl (C=O) groups is 1. The summed E-state index contributed by atoms with van der Waals surface area (Å²) in [6, 6.07) is 6.05. The molecule has 5 heteroatoms. The van der Waals surface area contributed by atoms with Crippen LogP contribution >= 0.6 is 0 Å². The Balaban J connectivity index is 3.20. The summed E-state index contributed by atoms with van der Waals surface area (Å²) in [4.78, 5) is 10.7. The van der Waals surface area contributed by atoms with Crippen LogP contribution in [-0.2, 0) is 0 Å². The van der Waals surface area contributed by atoms with Crippen LogP contribution in [0.15, 0.2) is 18.2 Å². The largest absolute Gasteiger partial charge is 0.495 e. The first-order valence-electron chi connectivity index (χ1n) is 3.82. The lowest BCUT2D eigenvalue weighted by Gasteiger charge is -2.09. The Kier molecular flexibility index (Phi) is 2.92. The first kappa shape index (κ1) is 9.86. The third-order valence-electron chi connectivity index (χ3n) is 1.61. The van der Waals surface area contributed by atoms with Crippen molar-refractivity contribution in [3.05, 3.63) is 23.8 Å². The molecular weight excluding hydrogens is 182 g/mol. The molecule has 1 aromatic carbocycles. The van der Waals surface area contributed by atoms with Crippen molar-refractivity contribution in [1.82, 2.24) is 0 Å². The van der Waals surface area contributed by atoms with Crippen LogP contribution in [0.2, 0.25) is 0 Å². The lowest BCUT2D eigenvalue weighted by molar-refractivity contribution is 0.259. The topological polar surface area (TPSA) is 88.1 Å². The second kappa shape index (κ2) is 4.14. The number of nitrogens with zero attached hydrogens (tertiary/aromatic N) is 1. The Morgan fingerprint density at radius 1 is 1.64 bits per heavy atom. The molecule has 0 aliphatic heterocycles. The van der Waals surface area contributed by atoms with E-state index in [-0.39, 0.29) is 0 Å². The fourth-order valence-corrected chi connectivity index (χ4v) is 1.05. The Labute approximate surface area is 81.1 Å².